The van der Waals surface area contributed by atoms with Gasteiger partial charge in [0.2, 0.25) is 0 Å². The molecule has 0 saturated heterocycles. The van der Waals surface area contributed by atoms with Crippen LogP contribution in [-0.2, 0) is 0 Å². The third kappa shape index (κ3) is 4.66. The van der Waals surface area contributed by atoms with Gasteiger partial charge in [-0.05, 0) is 59.8 Å². The van der Waals surface area contributed by atoms with Crippen molar-refractivity contribution in [1.82, 2.24) is 5.43 Å². The second-order valence-electron chi connectivity index (χ2n) is 5.88. The Balaban J connectivity index is 1.65. The number of benzene rings is 2. The highest BCUT2D eigenvalue weighted by molar-refractivity contribution is 14.1. The summed E-state index contributed by atoms with van der Waals surface area (Å²) in [6.07, 6.45) is 1.43. The maximum atomic E-state index is 12.2. The Morgan fingerprint density at radius 1 is 1.07 bits per heavy atom. The van der Waals surface area contributed by atoms with Crippen molar-refractivity contribution < 1.29 is 18.7 Å². The van der Waals surface area contributed by atoms with E-state index in [1.54, 1.807) is 49.6 Å². The highest BCUT2D eigenvalue weighted by Crippen LogP contribution is 2.23. The van der Waals surface area contributed by atoms with E-state index in [1.807, 2.05) is 12.1 Å². The summed E-state index contributed by atoms with van der Waals surface area (Å²) in [4.78, 5) is 23.5. The van der Waals surface area contributed by atoms with Gasteiger partial charge < -0.3 is 9.15 Å². The van der Waals surface area contributed by atoms with Gasteiger partial charge >= 0.3 is 0 Å². The van der Waals surface area contributed by atoms with Gasteiger partial charge in [-0.3, -0.25) is 9.59 Å². The van der Waals surface area contributed by atoms with Crippen LogP contribution in [0.5, 0.6) is 5.75 Å². The largest absolute Gasteiger partial charge is 0.496 e. The van der Waals surface area contributed by atoms with Crippen molar-refractivity contribution in [3.05, 3.63) is 75.1 Å². The highest BCUT2D eigenvalue weighted by atomic mass is 127. The number of hydrogen-bond acceptors (Lipinski definition) is 5. The number of nitrogens with zero attached hydrogens (tertiary/aromatic N) is 1. The number of ether oxygens (including phenoxy) is 1. The zero-order valence-corrected chi connectivity index (χ0v) is 17.4. The number of rotatable bonds is 6. The standard InChI is InChI=1S/C21H17IN2O4/c1-13(25)14-3-5-15(6-4-14)19-10-8-17(28-19)12-23-24-21(26)16-7-9-18(22)20(11-16)27-2/h3-12H,1-2H3,(H,24,26)/b23-12-. The molecule has 28 heavy (non-hydrogen) atoms. The molecular weight excluding hydrogens is 471 g/mol. The van der Waals surface area contributed by atoms with Crippen LogP contribution < -0.4 is 10.2 Å². The second-order valence-corrected chi connectivity index (χ2v) is 7.05. The number of carbonyl (C=O) groups is 2. The molecule has 1 heterocycles. The van der Waals surface area contributed by atoms with Crippen LogP contribution in [0.2, 0.25) is 0 Å². The molecule has 1 N–H and O–H groups in total. The highest BCUT2D eigenvalue weighted by Gasteiger charge is 2.09. The van der Waals surface area contributed by atoms with E-state index in [0.29, 0.717) is 28.4 Å². The Bertz CT molecular complexity index is 1040. The lowest BCUT2D eigenvalue weighted by molar-refractivity contribution is 0.0953. The van der Waals surface area contributed by atoms with Gasteiger partial charge in [-0.25, -0.2) is 5.43 Å². The van der Waals surface area contributed by atoms with Crippen LogP contribution in [-0.4, -0.2) is 25.0 Å². The minimum atomic E-state index is -0.349. The fourth-order valence-corrected chi connectivity index (χ4v) is 3.02. The number of hydrogen-bond donors (Lipinski definition) is 1. The molecule has 7 heteroatoms. The Labute approximate surface area is 175 Å². The van der Waals surface area contributed by atoms with E-state index >= 15 is 0 Å². The smallest absolute Gasteiger partial charge is 0.271 e. The third-order valence-corrected chi connectivity index (χ3v) is 4.87. The number of furan rings is 1. The van der Waals surface area contributed by atoms with Crippen molar-refractivity contribution in [3.8, 4) is 17.1 Å². The molecule has 6 nitrogen and oxygen atoms in total. The topological polar surface area (TPSA) is 80.9 Å². The summed E-state index contributed by atoms with van der Waals surface area (Å²) in [7, 11) is 1.56. The molecule has 0 fully saturated rings. The third-order valence-electron chi connectivity index (χ3n) is 3.97. The van der Waals surface area contributed by atoms with E-state index in [-0.39, 0.29) is 11.7 Å². The van der Waals surface area contributed by atoms with Gasteiger partial charge in [0.15, 0.2) is 5.78 Å². The van der Waals surface area contributed by atoms with Crippen molar-refractivity contribution in [2.75, 3.05) is 7.11 Å². The quantitative estimate of drug-likeness (QED) is 0.239. The van der Waals surface area contributed by atoms with Gasteiger partial charge in [0.05, 0.1) is 16.9 Å². The van der Waals surface area contributed by atoms with Crippen molar-refractivity contribution in [2.24, 2.45) is 5.10 Å². The average molecular weight is 488 g/mol. The number of methoxy groups -OCH3 is 1. The summed E-state index contributed by atoms with van der Waals surface area (Å²) in [6.45, 7) is 1.52. The molecule has 1 amide bonds. The summed E-state index contributed by atoms with van der Waals surface area (Å²) in [6, 6.07) is 15.9. The molecule has 0 aliphatic heterocycles. The van der Waals surface area contributed by atoms with Crippen molar-refractivity contribution >= 4 is 40.5 Å². The molecule has 0 aliphatic rings. The molecule has 0 bridgehead atoms. The molecule has 0 atom stereocenters. The molecule has 0 saturated carbocycles. The first-order chi connectivity index (χ1) is 13.5. The van der Waals surface area contributed by atoms with E-state index in [4.69, 9.17) is 9.15 Å². The Hall–Kier alpha value is -2.94. The molecule has 0 radical (unpaired) electrons. The number of amides is 1. The van der Waals surface area contributed by atoms with Gasteiger partial charge in [0, 0.05) is 16.7 Å². The number of ketones is 1. The summed E-state index contributed by atoms with van der Waals surface area (Å²) >= 11 is 2.13. The Morgan fingerprint density at radius 3 is 2.46 bits per heavy atom. The lowest BCUT2D eigenvalue weighted by atomic mass is 10.1. The minimum Gasteiger partial charge on any atom is -0.496 e. The van der Waals surface area contributed by atoms with E-state index in [2.05, 4.69) is 33.1 Å². The van der Waals surface area contributed by atoms with Crippen LogP contribution in [0.1, 0.15) is 33.4 Å². The average Bonchev–Trinajstić information content (AvgIpc) is 3.17. The molecule has 0 spiro atoms. The molecule has 142 valence electrons. The maximum absolute atomic E-state index is 12.2. The molecule has 1 aromatic heterocycles. The van der Waals surface area contributed by atoms with Gasteiger partial charge in [0.25, 0.3) is 5.91 Å². The summed E-state index contributed by atoms with van der Waals surface area (Å²) in [5, 5.41) is 3.93. The van der Waals surface area contributed by atoms with Crippen molar-refractivity contribution in [2.45, 2.75) is 6.92 Å². The van der Waals surface area contributed by atoms with Crippen LogP contribution in [0, 0.1) is 3.57 Å². The van der Waals surface area contributed by atoms with Crippen molar-refractivity contribution in [3.63, 3.8) is 0 Å². The minimum absolute atomic E-state index is 0.0142. The second kappa shape index (κ2) is 8.83. The molecule has 3 aromatic rings. The van der Waals surface area contributed by atoms with Crippen LogP contribution >= 0.6 is 22.6 Å². The number of carbonyl (C=O) groups excluding carboxylic acids is 2. The fourth-order valence-electron chi connectivity index (χ4n) is 2.47. The molecule has 0 unspecified atom stereocenters. The van der Waals surface area contributed by atoms with Crippen LogP contribution in [0.4, 0.5) is 0 Å². The SMILES string of the molecule is COc1cc(C(=O)N/N=C\c2ccc(-c3ccc(C(C)=O)cc3)o2)ccc1I. The van der Waals surface area contributed by atoms with Crippen LogP contribution in [0.15, 0.2) is 64.1 Å². The fraction of sp³-hybridized carbons (Fsp3) is 0.0952. The zero-order valence-electron chi connectivity index (χ0n) is 15.2. The van der Waals surface area contributed by atoms with Gasteiger partial charge in [0.1, 0.15) is 17.3 Å². The van der Waals surface area contributed by atoms with E-state index in [0.717, 1.165) is 9.13 Å². The van der Waals surface area contributed by atoms with E-state index in [1.165, 1.54) is 13.1 Å². The molecular formula is C21H17IN2O4. The normalized spacial score (nSPS) is 10.8. The van der Waals surface area contributed by atoms with Gasteiger partial charge in [-0.15, -0.1) is 0 Å². The summed E-state index contributed by atoms with van der Waals surface area (Å²) in [5.41, 5.74) is 4.40. The zero-order chi connectivity index (χ0) is 20.1. The number of nitrogens with one attached hydrogen (secondary N) is 1. The molecule has 0 aliphatic carbocycles. The first kappa shape index (κ1) is 19.8. The monoisotopic (exact) mass is 488 g/mol. The predicted molar refractivity (Wildman–Crippen MR) is 115 cm³/mol. The summed E-state index contributed by atoms with van der Waals surface area (Å²) < 4.78 is 11.8. The van der Waals surface area contributed by atoms with E-state index in [9.17, 15) is 9.59 Å². The lowest BCUT2D eigenvalue weighted by Crippen LogP contribution is -2.17. The van der Waals surface area contributed by atoms with E-state index < -0.39 is 0 Å². The molecule has 2 aromatic carbocycles. The first-order valence-electron chi connectivity index (χ1n) is 8.36. The lowest BCUT2D eigenvalue weighted by Gasteiger charge is -2.05. The Kier molecular flexibility index (Phi) is 6.25. The maximum Gasteiger partial charge on any atom is 0.271 e. The predicted octanol–water partition coefficient (Wildman–Crippen LogP) is 4.53. The van der Waals surface area contributed by atoms with Crippen molar-refractivity contribution in [1.29, 1.82) is 0 Å². The number of Topliss-reactive ketones (excluding diaryl/α,β-unsaturated/α-hetero) is 1. The number of hydrazone groups is 1. The van der Waals surface area contributed by atoms with Crippen LogP contribution in [0.3, 0.4) is 0 Å². The summed E-state index contributed by atoms with van der Waals surface area (Å²) in [5.74, 6) is 1.43. The first-order valence-corrected chi connectivity index (χ1v) is 9.44. The molecule has 3 rings (SSSR count). The van der Waals surface area contributed by atoms with Gasteiger partial charge in [-0.1, -0.05) is 24.3 Å². The van der Waals surface area contributed by atoms with Gasteiger partial charge in [-0.2, -0.15) is 5.10 Å². The number of halogens is 1. The van der Waals surface area contributed by atoms with Crippen LogP contribution in [0.25, 0.3) is 11.3 Å². The Morgan fingerprint density at radius 2 is 1.79 bits per heavy atom.